The summed E-state index contributed by atoms with van der Waals surface area (Å²) in [5.41, 5.74) is 0.781. The zero-order chi connectivity index (χ0) is 9.42. The van der Waals surface area contributed by atoms with Gasteiger partial charge in [0.2, 0.25) is 0 Å². The van der Waals surface area contributed by atoms with Gasteiger partial charge in [-0.25, -0.2) is 4.98 Å². The number of imidazole rings is 1. The molecule has 0 aliphatic heterocycles. The number of fused-ring (bicyclic) bond motifs is 1. The summed E-state index contributed by atoms with van der Waals surface area (Å²) >= 11 is 7.43. The first-order valence-corrected chi connectivity index (χ1v) is 4.91. The molecule has 0 aliphatic rings. The monoisotopic (exact) mass is 211 g/mol. The highest BCUT2D eigenvalue weighted by Crippen LogP contribution is 2.23. The molecular formula is C8H6ClN3S. The quantitative estimate of drug-likeness (QED) is 0.727. The van der Waals surface area contributed by atoms with Crippen LogP contribution in [0.2, 0.25) is 5.15 Å². The molecule has 2 rings (SSSR count). The molecule has 0 bridgehead atoms. The van der Waals surface area contributed by atoms with Crippen molar-refractivity contribution in [3.05, 3.63) is 21.9 Å². The number of rotatable bonds is 1. The zero-order valence-corrected chi connectivity index (χ0v) is 8.48. The minimum absolute atomic E-state index is 0.302. The molecule has 0 saturated carbocycles. The van der Waals surface area contributed by atoms with E-state index >= 15 is 0 Å². The number of aromatic nitrogens is 2. The summed E-state index contributed by atoms with van der Waals surface area (Å²) in [4.78, 5) is 6.17. The first kappa shape index (κ1) is 8.54. The van der Waals surface area contributed by atoms with Crippen molar-refractivity contribution in [1.82, 2.24) is 9.38 Å². The molecule has 2 heterocycles. The van der Waals surface area contributed by atoms with Crippen LogP contribution >= 0.6 is 22.9 Å². The normalized spacial score (nSPS) is 10.5. The zero-order valence-electron chi connectivity index (χ0n) is 6.91. The van der Waals surface area contributed by atoms with Gasteiger partial charge in [-0.3, -0.25) is 4.40 Å². The lowest BCUT2D eigenvalue weighted by atomic mass is 10.3. The molecule has 0 aromatic carbocycles. The molecule has 3 nitrogen and oxygen atoms in total. The highest BCUT2D eigenvalue weighted by molar-refractivity contribution is 7.17. The van der Waals surface area contributed by atoms with Crippen LogP contribution in [0.1, 0.15) is 10.6 Å². The van der Waals surface area contributed by atoms with Gasteiger partial charge in [-0.05, 0) is 6.92 Å². The molecule has 2 aromatic rings. The molecule has 0 radical (unpaired) electrons. The van der Waals surface area contributed by atoms with E-state index in [1.165, 1.54) is 4.88 Å². The lowest BCUT2D eigenvalue weighted by Gasteiger charge is -1.90. The van der Waals surface area contributed by atoms with Crippen LogP contribution in [0, 0.1) is 18.3 Å². The Labute approximate surface area is 84.2 Å². The predicted octanol–water partition coefficient (Wildman–Crippen LogP) is 2.42. The summed E-state index contributed by atoms with van der Waals surface area (Å²) in [5.74, 6) is 0. The number of nitrogens with zero attached hydrogens (tertiary/aromatic N) is 3. The first-order valence-electron chi connectivity index (χ1n) is 3.72. The minimum Gasteiger partial charge on any atom is -0.292 e. The van der Waals surface area contributed by atoms with E-state index in [1.807, 2.05) is 17.5 Å². The van der Waals surface area contributed by atoms with Crippen LogP contribution in [0.25, 0.3) is 4.96 Å². The van der Waals surface area contributed by atoms with E-state index in [-0.39, 0.29) is 0 Å². The molecule has 0 N–H and O–H groups in total. The second-order valence-electron chi connectivity index (χ2n) is 2.68. The number of aryl methyl sites for hydroxylation is 1. The second-order valence-corrected chi connectivity index (χ2v) is 4.25. The Bertz CT molecular complexity index is 491. The fourth-order valence-electron chi connectivity index (χ4n) is 1.21. The van der Waals surface area contributed by atoms with Crippen molar-refractivity contribution in [2.75, 3.05) is 0 Å². The molecular weight excluding hydrogens is 206 g/mol. The van der Waals surface area contributed by atoms with Crippen LogP contribution in [0.4, 0.5) is 0 Å². The van der Waals surface area contributed by atoms with E-state index in [0.717, 1.165) is 10.7 Å². The third-order valence-electron chi connectivity index (χ3n) is 1.74. The molecule has 0 fully saturated rings. The van der Waals surface area contributed by atoms with Gasteiger partial charge >= 0.3 is 0 Å². The van der Waals surface area contributed by atoms with Gasteiger partial charge in [0, 0.05) is 11.1 Å². The Morgan fingerprint density at radius 3 is 3.23 bits per heavy atom. The fourth-order valence-corrected chi connectivity index (χ4v) is 2.34. The van der Waals surface area contributed by atoms with Crippen molar-refractivity contribution in [2.24, 2.45) is 0 Å². The molecule has 0 amide bonds. The van der Waals surface area contributed by atoms with Gasteiger partial charge in [0.1, 0.15) is 0 Å². The van der Waals surface area contributed by atoms with E-state index in [4.69, 9.17) is 16.9 Å². The molecule has 0 saturated heterocycles. The van der Waals surface area contributed by atoms with E-state index in [0.29, 0.717) is 11.6 Å². The largest absolute Gasteiger partial charge is 0.292 e. The summed E-state index contributed by atoms with van der Waals surface area (Å²) in [6, 6.07) is 2.07. The van der Waals surface area contributed by atoms with Gasteiger partial charge in [-0.2, -0.15) is 5.26 Å². The molecule has 13 heavy (non-hydrogen) atoms. The Hall–Kier alpha value is -1.05. The SMILES string of the molecule is Cc1cn2c(CC#N)c(Cl)nc2s1. The maximum Gasteiger partial charge on any atom is 0.195 e. The van der Waals surface area contributed by atoms with Crippen LogP contribution in [-0.4, -0.2) is 9.38 Å². The van der Waals surface area contributed by atoms with Gasteiger partial charge < -0.3 is 0 Å². The standard InChI is InChI=1S/C8H6ClN3S/c1-5-4-12-6(2-3-10)7(9)11-8(12)13-5/h4H,2H2,1H3. The van der Waals surface area contributed by atoms with Gasteiger partial charge in [0.05, 0.1) is 18.2 Å². The maximum atomic E-state index is 8.58. The summed E-state index contributed by atoms with van der Waals surface area (Å²) in [5, 5.41) is 9.02. The summed E-state index contributed by atoms with van der Waals surface area (Å²) < 4.78 is 1.88. The smallest absolute Gasteiger partial charge is 0.195 e. The minimum atomic E-state index is 0.302. The van der Waals surface area contributed by atoms with E-state index in [9.17, 15) is 0 Å². The Kier molecular flexibility index (Phi) is 1.98. The number of hydrogen-bond donors (Lipinski definition) is 0. The Morgan fingerprint density at radius 1 is 1.77 bits per heavy atom. The van der Waals surface area contributed by atoms with Crippen LogP contribution in [0.15, 0.2) is 6.20 Å². The van der Waals surface area contributed by atoms with E-state index in [1.54, 1.807) is 11.3 Å². The summed E-state index contributed by atoms with van der Waals surface area (Å²) in [6.45, 7) is 2.00. The second kappa shape index (κ2) is 3.02. The lowest BCUT2D eigenvalue weighted by molar-refractivity contribution is 1.07. The fraction of sp³-hybridized carbons (Fsp3) is 0.250. The van der Waals surface area contributed by atoms with Crippen molar-refractivity contribution >= 4 is 27.9 Å². The van der Waals surface area contributed by atoms with Crippen molar-refractivity contribution in [1.29, 1.82) is 5.26 Å². The molecule has 0 unspecified atom stereocenters. The molecule has 0 atom stereocenters. The number of nitriles is 1. The van der Waals surface area contributed by atoms with Crippen LogP contribution in [0.3, 0.4) is 0 Å². The first-order chi connectivity index (χ1) is 6.22. The molecule has 66 valence electrons. The van der Waals surface area contributed by atoms with Crippen LogP contribution in [-0.2, 0) is 6.42 Å². The van der Waals surface area contributed by atoms with Gasteiger partial charge in [0.25, 0.3) is 0 Å². The number of thiazole rings is 1. The highest BCUT2D eigenvalue weighted by Gasteiger charge is 2.11. The molecule has 2 aromatic heterocycles. The maximum absolute atomic E-state index is 8.58. The average Bonchev–Trinajstić information content (AvgIpc) is 2.52. The molecule has 5 heteroatoms. The van der Waals surface area contributed by atoms with Crippen molar-refractivity contribution < 1.29 is 0 Å². The summed E-state index contributed by atoms with van der Waals surface area (Å²) in [6.07, 6.45) is 2.25. The number of halogens is 1. The number of hydrogen-bond acceptors (Lipinski definition) is 3. The Morgan fingerprint density at radius 2 is 2.54 bits per heavy atom. The predicted molar refractivity (Wildman–Crippen MR) is 52.1 cm³/mol. The molecule has 0 spiro atoms. The Balaban J connectivity index is 2.69. The molecule has 0 aliphatic carbocycles. The third kappa shape index (κ3) is 1.30. The third-order valence-corrected chi connectivity index (χ3v) is 2.94. The van der Waals surface area contributed by atoms with Crippen molar-refractivity contribution in [3.8, 4) is 6.07 Å². The highest BCUT2D eigenvalue weighted by atomic mass is 35.5. The van der Waals surface area contributed by atoms with Gasteiger partial charge in [-0.15, -0.1) is 11.3 Å². The topological polar surface area (TPSA) is 41.1 Å². The lowest BCUT2D eigenvalue weighted by Crippen LogP contribution is -1.87. The van der Waals surface area contributed by atoms with E-state index < -0.39 is 0 Å². The van der Waals surface area contributed by atoms with Crippen molar-refractivity contribution in [3.63, 3.8) is 0 Å². The van der Waals surface area contributed by atoms with Gasteiger partial charge in [0.15, 0.2) is 10.1 Å². The van der Waals surface area contributed by atoms with Crippen LogP contribution in [0.5, 0.6) is 0 Å². The average molecular weight is 212 g/mol. The van der Waals surface area contributed by atoms with E-state index in [2.05, 4.69) is 11.1 Å². The van der Waals surface area contributed by atoms with Crippen molar-refractivity contribution in [2.45, 2.75) is 13.3 Å². The van der Waals surface area contributed by atoms with Gasteiger partial charge in [-0.1, -0.05) is 11.6 Å². The summed E-state index contributed by atoms with van der Waals surface area (Å²) in [7, 11) is 0. The van der Waals surface area contributed by atoms with Crippen LogP contribution < -0.4 is 0 Å².